The molecule has 1 N–H and O–H groups in total. The Kier molecular flexibility index (Phi) is 4.79. The second-order valence-corrected chi connectivity index (χ2v) is 5.76. The van der Waals surface area contributed by atoms with E-state index in [-0.39, 0.29) is 0 Å². The van der Waals surface area contributed by atoms with Crippen molar-refractivity contribution in [3.63, 3.8) is 0 Å². The molecule has 0 spiro atoms. The molecule has 0 saturated heterocycles. The molecule has 1 aliphatic carbocycles. The molecule has 0 amide bonds. The van der Waals surface area contributed by atoms with Gasteiger partial charge in [-0.2, -0.15) is 0 Å². The van der Waals surface area contributed by atoms with Crippen molar-refractivity contribution in [2.45, 2.75) is 65.4 Å². The summed E-state index contributed by atoms with van der Waals surface area (Å²) in [6.07, 6.45) is 10.2. The quantitative estimate of drug-likeness (QED) is 0.658. The van der Waals surface area contributed by atoms with Crippen LogP contribution in [-0.4, -0.2) is 10.7 Å². The zero-order valence-electron chi connectivity index (χ0n) is 11.2. The second kappa shape index (κ2) is 5.67. The monoisotopic (exact) mass is 222 g/mol. The van der Waals surface area contributed by atoms with Gasteiger partial charge in [0.25, 0.3) is 0 Å². The molecule has 0 aliphatic heterocycles. The Balaban J connectivity index is 2.75. The van der Waals surface area contributed by atoms with Crippen LogP contribution in [0.25, 0.3) is 0 Å². The normalized spacial score (nSPS) is 24.7. The van der Waals surface area contributed by atoms with Crippen LogP contribution in [0.15, 0.2) is 23.3 Å². The maximum Gasteiger partial charge on any atom is 0.0622 e. The molecular formula is C15H26O. The highest BCUT2D eigenvalue weighted by Gasteiger charge is 2.25. The topological polar surface area (TPSA) is 20.2 Å². The molecule has 1 nitrogen and oxygen atoms in total. The van der Waals surface area contributed by atoms with Gasteiger partial charge in [-0.3, -0.25) is 0 Å². The van der Waals surface area contributed by atoms with Gasteiger partial charge in [-0.15, -0.1) is 0 Å². The van der Waals surface area contributed by atoms with Crippen molar-refractivity contribution < 1.29 is 5.11 Å². The average molecular weight is 222 g/mol. The molecule has 0 aromatic carbocycles. The van der Waals surface area contributed by atoms with Gasteiger partial charge < -0.3 is 5.11 Å². The molecular weight excluding hydrogens is 196 g/mol. The lowest BCUT2D eigenvalue weighted by atomic mass is 9.82. The minimum absolute atomic E-state index is 0.379. The van der Waals surface area contributed by atoms with Crippen LogP contribution in [0.1, 0.15) is 59.8 Å². The van der Waals surface area contributed by atoms with Gasteiger partial charge in [-0.05, 0) is 65.7 Å². The third-order valence-electron chi connectivity index (χ3n) is 3.67. The first-order valence-electron chi connectivity index (χ1n) is 6.43. The Labute approximate surface area is 100 Å². The second-order valence-electron chi connectivity index (χ2n) is 5.76. The molecule has 0 heterocycles. The van der Waals surface area contributed by atoms with Crippen molar-refractivity contribution in [1.82, 2.24) is 0 Å². The van der Waals surface area contributed by atoms with Crippen LogP contribution in [0.2, 0.25) is 0 Å². The molecule has 0 radical (unpaired) electrons. The van der Waals surface area contributed by atoms with Gasteiger partial charge in [0.2, 0.25) is 0 Å². The van der Waals surface area contributed by atoms with E-state index in [2.05, 4.69) is 26.0 Å². The summed E-state index contributed by atoms with van der Waals surface area (Å²) >= 11 is 0. The summed E-state index contributed by atoms with van der Waals surface area (Å²) in [6.45, 7) is 8.28. The molecule has 0 aromatic heterocycles. The summed E-state index contributed by atoms with van der Waals surface area (Å²) in [6, 6.07) is 0. The van der Waals surface area contributed by atoms with Crippen LogP contribution in [-0.2, 0) is 0 Å². The summed E-state index contributed by atoms with van der Waals surface area (Å²) in [5, 5.41) is 10.1. The van der Waals surface area contributed by atoms with Crippen LogP contribution in [0.5, 0.6) is 0 Å². The summed E-state index contributed by atoms with van der Waals surface area (Å²) in [5.41, 5.74) is 2.38. The Bertz CT molecular complexity index is 278. The lowest BCUT2D eigenvalue weighted by molar-refractivity contribution is 0.0145. The standard InChI is InChI=1S/C15H26O/c1-12-6-5-7-13(2)9-11-14(10-8-12)15(3,4)16/h6,9,14,16H,5,7-8,10-11H2,1-4H3/t14-/m0/s1. The van der Waals surface area contributed by atoms with E-state index in [1.165, 1.54) is 17.6 Å². The SMILES string of the molecule is CC1=CC[C@@H](C(C)(C)O)CCC(C)=CCC1. The zero-order valence-corrected chi connectivity index (χ0v) is 11.2. The fourth-order valence-corrected chi connectivity index (χ4v) is 2.26. The van der Waals surface area contributed by atoms with E-state index < -0.39 is 5.60 Å². The minimum Gasteiger partial charge on any atom is -0.390 e. The van der Waals surface area contributed by atoms with Crippen molar-refractivity contribution >= 4 is 0 Å². The fourth-order valence-electron chi connectivity index (χ4n) is 2.26. The van der Waals surface area contributed by atoms with Gasteiger partial charge in [-0.25, -0.2) is 0 Å². The first-order chi connectivity index (χ1) is 7.39. The molecule has 1 rings (SSSR count). The van der Waals surface area contributed by atoms with Crippen molar-refractivity contribution in [3.05, 3.63) is 23.3 Å². The molecule has 0 aromatic rings. The number of aliphatic hydroxyl groups is 1. The molecule has 0 fully saturated rings. The zero-order chi connectivity index (χ0) is 12.2. The van der Waals surface area contributed by atoms with Crippen LogP contribution >= 0.6 is 0 Å². The maximum atomic E-state index is 10.1. The Morgan fingerprint density at radius 1 is 1.12 bits per heavy atom. The molecule has 1 atom stereocenters. The van der Waals surface area contributed by atoms with Crippen molar-refractivity contribution in [2.24, 2.45) is 5.92 Å². The van der Waals surface area contributed by atoms with Gasteiger partial charge >= 0.3 is 0 Å². The highest BCUT2D eigenvalue weighted by molar-refractivity contribution is 5.06. The van der Waals surface area contributed by atoms with E-state index in [1.54, 1.807) is 0 Å². The first kappa shape index (κ1) is 13.5. The van der Waals surface area contributed by atoms with Crippen LogP contribution in [0.3, 0.4) is 0 Å². The third kappa shape index (κ3) is 4.52. The lowest BCUT2D eigenvalue weighted by Crippen LogP contribution is -2.30. The summed E-state index contributed by atoms with van der Waals surface area (Å²) in [4.78, 5) is 0. The summed E-state index contributed by atoms with van der Waals surface area (Å²) in [7, 11) is 0. The lowest BCUT2D eigenvalue weighted by Gasteiger charge is -2.29. The van der Waals surface area contributed by atoms with Crippen molar-refractivity contribution in [1.29, 1.82) is 0 Å². The molecule has 1 heteroatoms. The van der Waals surface area contributed by atoms with Crippen LogP contribution in [0, 0.1) is 5.92 Å². The van der Waals surface area contributed by atoms with Crippen molar-refractivity contribution in [3.8, 4) is 0 Å². The maximum absolute atomic E-state index is 10.1. The average Bonchev–Trinajstić information content (AvgIpc) is 2.15. The number of hydrogen-bond acceptors (Lipinski definition) is 1. The summed E-state index contributed by atoms with van der Waals surface area (Å²) < 4.78 is 0. The predicted octanol–water partition coefficient (Wildman–Crippen LogP) is 4.23. The van der Waals surface area contributed by atoms with Crippen molar-refractivity contribution in [2.75, 3.05) is 0 Å². The van der Waals surface area contributed by atoms with E-state index >= 15 is 0 Å². The molecule has 1 aliphatic rings. The van der Waals surface area contributed by atoms with E-state index in [9.17, 15) is 5.11 Å². The number of allylic oxidation sites excluding steroid dienone is 4. The smallest absolute Gasteiger partial charge is 0.0622 e. The highest BCUT2D eigenvalue weighted by Crippen LogP contribution is 2.29. The third-order valence-corrected chi connectivity index (χ3v) is 3.67. The van der Waals surface area contributed by atoms with E-state index in [0.717, 1.165) is 25.7 Å². The largest absolute Gasteiger partial charge is 0.390 e. The van der Waals surface area contributed by atoms with E-state index in [4.69, 9.17) is 0 Å². The molecule has 0 bridgehead atoms. The highest BCUT2D eigenvalue weighted by atomic mass is 16.3. The first-order valence-corrected chi connectivity index (χ1v) is 6.43. The number of rotatable bonds is 1. The molecule has 92 valence electrons. The van der Waals surface area contributed by atoms with Crippen LogP contribution < -0.4 is 0 Å². The Morgan fingerprint density at radius 3 is 2.38 bits per heavy atom. The summed E-state index contributed by atoms with van der Waals surface area (Å²) in [5.74, 6) is 0.379. The van der Waals surface area contributed by atoms with Gasteiger partial charge in [-0.1, -0.05) is 23.3 Å². The minimum atomic E-state index is -0.559. The van der Waals surface area contributed by atoms with Gasteiger partial charge in [0.15, 0.2) is 0 Å². The Hall–Kier alpha value is -0.560. The van der Waals surface area contributed by atoms with Gasteiger partial charge in [0, 0.05) is 0 Å². The Morgan fingerprint density at radius 2 is 1.75 bits per heavy atom. The van der Waals surface area contributed by atoms with Gasteiger partial charge in [0.1, 0.15) is 0 Å². The fraction of sp³-hybridized carbons (Fsp3) is 0.733. The van der Waals surface area contributed by atoms with E-state index in [1.807, 2.05) is 13.8 Å². The number of hydrogen-bond donors (Lipinski definition) is 1. The molecule has 0 saturated carbocycles. The molecule has 16 heavy (non-hydrogen) atoms. The molecule has 0 unspecified atom stereocenters. The van der Waals surface area contributed by atoms with Crippen LogP contribution in [0.4, 0.5) is 0 Å². The van der Waals surface area contributed by atoms with Gasteiger partial charge in [0.05, 0.1) is 5.60 Å². The predicted molar refractivity (Wildman–Crippen MR) is 70.4 cm³/mol. The van der Waals surface area contributed by atoms with E-state index in [0.29, 0.717) is 5.92 Å².